The third-order valence-electron chi connectivity index (χ3n) is 5.89. The minimum absolute atomic E-state index is 0.160. The molecule has 1 aromatic rings. The van der Waals surface area contributed by atoms with Crippen molar-refractivity contribution in [3.05, 3.63) is 29.3 Å². The Kier molecular flexibility index (Phi) is 3.18. The van der Waals surface area contributed by atoms with Gasteiger partial charge < -0.3 is 4.74 Å². The number of rotatable bonds is 1. The zero-order valence-electron chi connectivity index (χ0n) is 14.1. The standard InChI is InChI=1S/C18H15F3N2O3/c1-16-5-6-17(2,26-16)13-12(16)14(24)23(15(13)25)10-4-3-9(8-22)11(7-10)18(19,20)21/h3-4,7,12-13H,5-6H2,1-2H3/t12-,13+,16-,17+. The summed E-state index contributed by atoms with van der Waals surface area (Å²) in [5, 5.41) is 8.90. The van der Waals surface area contributed by atoms with Crippen LogP contribution in [0.3, 0.4) is 0 Å². The van der Waals surface area contributed by atoms with Crippen LogP contribution in [-0.4, -0.2) is 23.0 Å². The number of carbonyl (C=O) groups is 2. The van der Waals surface area contributed by atoms with Crippen LogP contribution in [0.1, 0.15) is 37.8 Å². The molecule has 3 fully saturated rings. The van der Waals surface area contributed by atoms with E-state index in [0.29, 0.717) is 18.9 Å². The Morgan fingerprint density at radius 3 is 2.15 bits per heavy atom. The fourth-order valence-corrected chi connectivity index (χ4v) is 4.73. The predicted octanol–water partition coefficient (Wildman–Crippen LogP) is 3.02. The van der Waals surface area contributed by atoms with Gasteiger partial charge in [0.05, 0.1) is 45.9 Å². The Labute approximate surface area is 147 Å². The number of amides is 2. The van der Waals surface area contributed by atoms with Crippen LogP contribution in [0.25, 0.3) is 0 Å². The third-order valence-corrected chi connectivity index (χ3v) is 5.89. The number of benzene rings is 1. The van der Waals surface area contributed by atoms with E-state index in [1.807, 2.05) is 0 Å². The number of fused-ring (bicyclic) bond motifs is 5. The van der Waals surface area contributed by atoms with Crippen molar-refractivity contribution >= 4 is 17.5 Å². The van der Waals surface area contributed by atoms with E-state index in [0.717, 1.165) is 11.0 Å². The second-order valence-electron chi connectivity index (χ2n) is 7.53. The van der Waals surface area contributed by atoms with E-state index in [-0.39, 0.29) is 5.69 Å². The molecule has 0 aliphatic carbocycles. The van der Waals surface area contributed by atoms with Crippen LogP contribution in [0, 0.1) is 23.2 Å². The van der Waals surface area contributed by atoms with Crippen molar-refractivity contribution < 1.29 is 27.5 Å². The number of hydrogen-bond acceptors (Lipinski definition) is 4. The molecule has 136 valence electrons. The van der Waals surface area contributed by atoms with Gasteiger partial charge in [-0.2, -0.15) is 18.4 Å². The lowest BCUT2D eigenvalue weighted by molar-refractivity contribution is -0.138. The molecule has 0 spiro atoms. The van der Waals surface area contributed by atoms with Gasteiger partial charge in [0, 0.05) is 0 Å². The smallest absolute Gasteiger partial charge is 0.367 e. The van der Waals surface area contributed by atoms with Gasteiger partial charge in [0.15, 0.2) is 0 Å². The monoisotopic (exact) mass is 364 g/mol. The van der Waals surface area contributed by atoms with Gasteiger partial charge in [-0.15, -0.1) is 0 Å². The molecule has 0 N–H and O–H groups in total. The van der Waals surface area contributed by atoms with Crippen molar-refractivity contribution in [1.29, 1.82) is 5.26 Å². The lowest BCUT2D eigenvalue weighted by Crippen LogP contribution is -2.40. The minimum Gasteiger partial charge on any atom is -0.367 e. The van der Waals surface area contributed by atoms with Crippen LogP contribution in [0.5, 0.6) is 0 Å². The number of carbonyl (C=O) groups excluding carboxylic acids is 2. The second-order valence-corrected chi connectivity index (χ2v) is 7.53. The Balaban J connectivity index is 1.80. The molecule has 26 heavy (non-hydrogen) atoms. The molecule has 2 amide bonds. The summed E-state index contributed by atoms with van der Waals surface area (Å²) in [6.07, 6.45) is -3.51. The molecular weight excluding hydrogens is 349 g/mol. The first-order chi connectivity index (χ1) is 12.0. The molecule has 0 aromatic heterocycles. The summed E-state index contributed by atoms with van der Waals surface area (Å²) >= 11 is 0. The van der Waals surface area contributed by atoms with E-state index >= 15 is 0 Å². The lowest BCUT2D eigenvalue weighted by Gasteiger charge is -2.27. The molecule has 4 atom stereocenters. The van der Waals surface area contributed by atoms with E-state index in [4.69, 9.17) is 10.00 Å². The minimum atomic E-state index is -4.76. The first-order valence-corrected chi connectivity index (χ1v) is 8.21. The molecule has 0 unspecified atom stereocenters. The molecule has 1 aromatic carbocycles. The summed E-state index contributed by atoms with van der Waals surface area (Å²) < 4.78 is 45.6. The molecule has 3 aliphatic rings. The Morgan fingerprint density at radius 2 is 1.69 bits per heavy atom. The average molecular weight is 364 g/mol. The molecule has 0 saturated carbocycles. The highest BCUT2D eigenvalue weighted by Crippen LogP contribution is 2.61. The van der Waals surface area contributed by atoms with Crippen molar-refractivity contribution in [2.24, 2.45) is 11.8 Å². The van der Waals surface area contributed by atoms with Crippen molar-refractivity contribution in [2.75, 3.05) is 4.90 Å². The molecule has 8 heteroatoms. The Morgan fingerprint density at radius 1 is 1.15 bits per heavy atom. The molecule has 4 rings (SSSR count). The summed E-state index contributed by atoms with van der Waals surface area (Å²) in [4.78, 5) is 26.7. The van der Waals surface area contributed by atoms with Gasteiger partial charge in [0.2, 0.25) is 11.8 Å². The number of nitrogens with zero attached hydrogens (tertiary/aromatic N) is 2. The van der Waals surface area contributed by atoms with Crippen molar-refractivity contribution in [2.45, 2.75) is 44.1 Å². The highest BCUT2D eigenvalue weighted by Gasteiger charge is 2.72. The first kappa shape index (κ1) is 17.0. The summed E-state index contributed by atoms with van der Waals surface area (Å²) in [7, 11) is 0. The van der Waals surface area contributed by atoms with Crippen LogP contribution in [0.4, 0.5) is 18.9 Å². The molecule has 3 saturated heterocycles. The normalized spacial score (nSPS) is 35.8. The van der Waals surface area contributed by atoms with Crippen molar-refractivity contribution in [1.82, 2.24) is 0 Å². The number of anilines is 1. The molecular formula is C18H15F3N2O3. The van der Waals surface area contributed by atoms with Crippen LogP contribution < -0.4 is 4.90 Å². The van der Waals surface area contributed by atoms with Gasteiger partial charge in [0.1, 0.15) is 0 Å². The largest absolute Gasteiger partial charge is 0.417 e. The highest BCUT2D eigenvalue weighted by atomic mass is 19.4. The maximum atomic E-state index is 13.2. The zero-order valence-corrected chi connectivity index (χ0v) is 14.1. The van der Waals surface area contributed by atoms with Gasteiger partial charge in [0.25, 0.3) is 0 Å². The number of alkyl halides is 3. The topological polar surface area (TPSA) is 70.4 Å². The van der Waals surface area contributed by atoms with Crippen LogP contribution in [0.2, 0.25) is 0 Å². The fourth-order valence-electron chi connectivity index (χ4n) is 4.73. The number of imide groups is 1. The van der Waals surface area contributed by atoms with Crippen molar-refractivity contribution in [3.8, 4) is 6.07 Å². The summed E-state index contributed by atoms with van der Waals surface area (Å²) in [6.45, 7) is 3.55. The summed E-state index contributed by atoms with van der Waals surface area (Å²) in [5.74, 6) is -2.47. The number of hydrogen-bond donors (Lipinski definition) is 0. The summed E-state index contributed by atoms with van der Waals surface area (Å²) in [6, 6.07) is 4.38. The lowest BCUT2D eigenvalue weighted by atomic mass is 9.69. The number of nitriles is 1. The fraction of sp³-hybridized carbons (Fsp3) is 0.500. The van der Waals surface area contributed by atoms with Gasteiger partial charge in [-0.05, 0) is 44.9 Å². The number of halogens is 3. The molecule has 2 bridgehead atoms. The van der Waals surface area contributed by atoms with Crippen LogP contribution in [-0.2, 0) is 20.5 Å². The third kappa shape index (κ3) is 2.01. The Bertz CT molecular complexity index is 857. The first-order valence-electron chi connectivity index (χ1n) is 8.21. The van der Waals surface area contributed by atoms with Gasteiger partial charge in [-0.3, -0.25) is 9.59 Å². The SMILES string of the molecule is C[C@]12CC[C@](C)(O1)[C@@H]1C(=O)N(c3ccc(C#N)c(C(F)(F)F)c3)C(=O)[C@@H]12. The van der Waals surface area contributed by atoms with Gasteiger partial charge >= 0.3 is 6.18 Å². The van der Waals surface area contributed by atoms with Crippen LogP contribution in [0.15, 0.2) is 18.2 Å². The maximum absolute atomic E-state index is 13.2. The zero-order chi connectivity index (χ0) is 19.1. The molecule has 5 nitrogen and oxygen atoms in total. The van der Waals surface area contributed by atoms with Crippen LogP contribution >= 0.6 is 0 Å². The van der Waals surface area contributed by atoms with E-state index in [9.17, 15) is 22.8 Å². The van der Waals surface area contributed by atoms with E-state index in [2.05, 4.69) is 0 Å². The van der Waals surface area contributed by atoms with E-state index < -0.39 is 52.2 Å². The Hall–Kier alpha value is -2.40. The molecule has 0 radical (unpaired) electrons. The molecule has 3 heterocycles. The van der Waals surface area contributed by atoms with E-state index in [1.54, 1.807) is 13.8 Å². The van der Waals surface area contributed by atoms with Gasteiger partial charge in [-0.1, -0.05) is 0 Å². The number of ether oxygens (including phenoxy) is 1. The van der Waals surface area contributed by atoms with E-state index in [1.165, 1.54) is 12.1 Å². The average Bonchev–Trinajstić information content (AvgIpc) is 3.10. The quantitative estimate of drug-likeness (QED) is 0.718. The second kappa shape index (κ2) is 4.86. The summed E-state index contributed by atoms with van der Waals surface area (Å²) in [5.41, 5.74) is -3.43. The molecule has 3 aliphatic heterocycles. The predicted molar refractivity (Wildman–Crippen MR) is 82.8 cm³/mol. The van der Waals surface area contributed by atoms with Gasteiger partial charge in [-0.25, -0.2) is 4.90 Å². The highest BCUT2D eigenvalue weighted by molar-refractivity contribution is 6.23. The van der Waals surface area contributed by atoms with Crippen molar-refractivity contribution in [3.63, 3.8) is 0 Å². The maximum Gasteiger partial charge on any atom is 0.417 e.